The second kappa shape index (κ2) is 26.7. The molecule has 4 saturated carbocycles. The Morgan fingerprint density at radius 3 is 1.53 bits per heavy atom. The van der Waals surface area contributed by atoms with E-state index in [-0.39, 0.29) is 129 Å². The topological polar surface area (TPSA) is 230 Å². The summed E-state index contributed by atoms with van der Waals surface area (Å²) in [6, 6.07) is 24.5. The van der Waals surface area contributed by atoms with E-state index in [1.165, 1.54) is 13.8 Å². The molecule has 104 heavy (non-hydrogen) atoms. The van der Waals surface area contributed by atoms with Crippen LogP contribution in [-0.4, -0.2) is 118 Å². The molecule has 0 radical (unpaired) electrons. The Bertz CT molecular complexity index is 4960. The number of pyridine rings is 3. The third-order valence-electron chi connectivity index (χ3n) is 25.3. The third-order valence-corrected chi connectivity index (χ3v) is 25.3. The van der Waals surface area contributed by atoms with Gasteiger partial charge in [-0.25, -0.2) is 0 Å². The van der Waals surface area contributed by atoms with Crippen molar-refractivity contribution in [2.24, 2.45) is 51.8 Å². The van der Waals surface area contributed by atoms with Crippen LogP contribution in [0.3, 0.4) is 0 Å². The van der Waals surface area contributed by atoms with Crippen LogP contribution >= 0.6 is 0 Å². The van der Waals surface area contributed by atoms with Crippen molar-refractivity contribution in [2.45, 2.75) is 141 Å². The highest BCUT2D eigenvalue weighted by Gasteiger charge is 2.61. The van der Waals surface area contributed by atoms with Crippen molar-refractivity contribution in [1.82, 2.24) is 30.5 Å². The number of rotatable bonds is 9. The van der Waals surface area contributed by atoms with Gasteiger partial charge in [-0.05, 0) is 142 Å². The minimum Gasteiger partial charge on any atom is -0.489 e. The summed E-state index contributed by atoms with van der Waals surface area (Å²) in [6.45, 7) is 11.4. The zero-order chi connectivity index (χ0) is 72.3. The van der Waals surface area contributed by atoms with E-state index in [1.54, 1.807) is 18.6 Å². The molecule has 17 nitrogen and oxygen atoms in total. The molecule has 12 aliphatic rings. The zero-order valence-electron chi connectivity index (χ0n) is 60.0. The Hall–Kier alpha value is -9.87. The molecule has 15 atom stereocenters. The lowest BCUT2D eigenvalue weighted by atomic mass is 9.60. The zero-order valence-corrected chi connectivity index (χ0v) is 60.0. The van der Waals surface area contributed by atoms with Crippen LogP contribution in [0, 0.1) is 51.8 Å². The number of nitrogens with one attached hydrogen (secondary N) is 2. The minimum absolute atomic E-state index is 0.0202. The van der Waals surface area contributed by atoms with Crippen LogP contribution in [0.5, 0.6) is 0 Å². The van der Waals surface area contributed by atoms with Crippen LogP contribution in [0.25, 0.3) is 32.3 Å². The van der Waals surface area contributed by atoms with Gasteiger partial charge in [0.25, 0.3) is 0 Å². The van der Waals surface area contributed by atoms with E-state index in [0.717, 1.165) is 109 Å². The molecule has 18 rings (SSSR count). The van der Waals surface area contributed by atoms with Crippen LogP contribution in [-0.2, 0) is 52.6 Å². The second-order valence-electron chi connectivity index (χ2n) is 32.3. The predicted octanol–water partition coefficient (Wildman–Crippen LogP) is 13.2. The normalized spacial score (nSPS) is 31.9. The quantitative estimate of drug-likeness (QED) is 0.137. The number of amides is 2. The lowest BCUT2D eigenvalue weighted by Crippen LogP contribution is -2.44. The molecule has 0 saturated heterocycles. The molecule has 3 aromatic carbocycles. The second-order valence-corrected chi connectivity index (χ2v) is 32.3. The van der Waals surface area contributed by atoms with Crippen molar-refractivity contribution in [3.05, 3.63) is 220 Å². The van der Waals surface area contributed by atoms with E-state index in [2.05, 4.69) is 112 Å². The summed E-state index contributed by atoms with van der Waals surface area (Å²) >= 11 is 0. The Kier molecular flexibility index (Phi) is 17.6. The van der Waals surface area contributed by atoms with Gasteiger partial charge in [-0.15, -0.1) is 0 Å². The first-order valence-electron chi connectivity index (χ1n) is 37.0. The first-order valence-corrected chi connectivity index (χ1v) is 37.0. The van der Waals surface area contributed by atoms with Gasteiger partial charge in [-0.3, -0.25) is 53.3 Å². The molecular formula is C87H88N6O11. The number of carbonyl (C=O) groups excluding carboxylic acids is 8. The summed E-state index contributed by atoms with van der Waals surface area (Å²) in [5, 5.41) is 12.1. The van der Waals surface area contributed by atoms with E-state index in [1.807, 2.05) is 87.3 Å². The van der Waals surface area contributed by atoms with Crippen LogP contribution in [0.15, 0.2) is 203 Å². The van der Waals surface area contributed by atoms with Crippen molar-refractivity contribution in [3.8, 4) is 0 Å². The maximum atomic E-state index is 13.6. The average molecular weight is 1390 g/mol. The van der Waals surface area contributed by atoms with Gasteiger partial charge in [0.15, 0.2) is 17.3 Å². The highest BCUT2D eigenvalue weighted by Crippen LogP contribution is 2.63. The molecular weight excluding hydrogens is 1300 g/mol. The van der Waals surface area contributed by atoms with Crippen molar-refractivity contribution in [3.63, 3.8) is 0 Å². The first kappa shape index (κ1) is 68.6. The Balaban J connectivity index is 0.000000120. The molecule has 0 bridgehead atoms. The van der Waals surface area contributed by atoms with Crippen molar-refractivity contribution in [2.75, 3.05) is 33.7 Å². The first-order chi connectivity index (χ1) is 50.0. The Labute approximate surface area is 605 Å². The van der Waals surface area contributed by atoms with E-state index >= 15 is 0 Å². The molecule has 17 heteroatoms. The van der Waals surface area contributed by atoms with Crippen molar-refractivity contribution < 1.29 is 52.6 Å². The van der Waals surface area contributed by atoms with E-state index < -0.39 is 5.41 Å². The van der Waals surface area contributed by atoms with Gasteiger partial charge in [0, 0.05) is 179 Å². The van der Waals surface area contributed by atoms with Gasteiger partial charge in [-0.2, -0.15) is 0 Å². The summed E-state index contributed by atoms with van der Waals surface area (Å²) in [5.41, 5.74) is 7.43. The molecule has 532 valence electrons. The number of aromatic nitrogens is 3. The number of allylic oxidation sites excluding steroid dienone is 11. The van der Waals surface area contributed by atoms with Gasteiger partial charge in [-0.1, -0.05) is 93.6 Å². The van der Waals surface area contributed by atoms with Crippen molar-refractivity contribution in [1.29, 1.82) is 0 Å². The molecule has 9 aliphatic carbocycles. The van der Waals surface area contributed by atoms with Crippen LogP contribution in [0.4, 0.5) is 0 Å². The fraction of sp³-hybridized carbons (Fsp3) is 0.414. The lowest BCUT2D eigenvalue weighted by Gasteiger charge is -2.47. The summed E-state index contributed by atoms with van der Waals surface area (Å²) in [4.78, 5) is 117. The van der Waals surface area contributed by atoms with Crippen LogP contribution in [0.1, 0.15) is 140 Å². The number of Topliss-reactive ketones (excluding diaryl/α,β-unsaturated/α-hetero) is 6. The fourth-order valence-electron chi connectivity index (χ4n) is 20.2. The Morgan fingerprint density at radius 1 is 0.500 bits per heavy atom. The average Bonchev–Trinajstić information content (AvgIpc) is 1.54. The van der Waals surface area contributed by atoms with Crippen LogP contribution < -0.4 is 10.6 Å². The maximum absolute atomic E-state index is 13.6. The monoisotopic (exact) mass is 1390 g/mol. The highest BCUT2D eigenvalue weighted by molar-refractivity contribution is 6.03. The molecule has 3 unspecified atom stereocenters. The number of carbonyl (C=O) groups is 8. The number of nitrogens with zero attached hydrogens (tertiary/aromatic N) is 4. The van der Waals surface area contributed by atoms with Gasteiger partial charge in [0.05, 0.1) is 28.6 Å². The molecule has 2 amide bonds. The summed E-state index contributed by atoms with van der Waals surface area (Å²) in [7, 11) is 4.08. The highest BCUT2D eigenvalue weighted by atomic mass is 16.5. The predicted molar refractivity (Wildman–Crippen MR) is 394 cm³/mol. The van der Waals surface area contributed by atoms with E-state index in [0.29, 0.717) is 81.4 Å². The molecule has 3 aliphatic heterocycles. The molecule has 0 spiro atoms. The molecule has 6 heterocycles. The maximum Gasteiger partial charge on any atom is 0.216 e. The van der Waals surface area contributed by atoms with Gasteiger partial charge < -0.3 is 29.7 Å². The number of ether oxygens (including phenoxy) is 3. The largest absolute Gasteiger partial charge is 0.489 e. The number of benzene rings is 3. The standard InChI is InChI=1S/C29H30N2O4.C29H28N2O4.C29H30N2O3/c2*1-16(32)31-14-17-10-24(33)22-12-18-6-8-29(2)23(28(18)35-26(22)11-17)13-25(34)27(29)21-5-3-4-19-15-30-9-7-20(19)21;1-29-8-6-20-13-22-24(32)10-17(16-31(2)3)11-26(22)34-28(20)23(29)14-25(33)27(29)19-5-4-18-7-9-30-15-21(18)12-19/h3-5,7,9,12,15,17,23,27-28H,6,8,10-11,13-14H2,1-2H3,(H,31,32);3-9,12,15,17,23,27-28H,10-11,13-14H2,1-2H3,(H,31,32);4-9,12-13,15,17,23,27-28H,10-11,14,16H2,1-3H3/t3*17?,23-,27-,28+,29-/m000/s1. The molecule has 4 fully saturated rings. The lowest BCUT2D eigenvalue weighted by molar-refractivity contribution is -0.121. The molecule has 2 N–H and O–H groups in total. The van der Waals surface area contributed by atoms with E-state index in [4.69, 9.17) is 14.2 Å². The minimum atomic E-state index is -0.400. The molecule has 3 aromatic heterocycles. The van der Waals surface area contributed by atoms with Gasteiger partial charge >= 0.3 is 0 Å². The number of ketones is 6. The summed E-state index contributed by atoms with van der Waals surface area (Å²) < 4.78 is 19.8. The van der Waals surface area contributed by atoms with Gasteiger partial charge in [0.1, 0.15) is 52.9 Å². The molecule has 6 aromatic rings. The van der Waals surface area contributed by atoms with Gasteiger partial charge in [0.2, 0.25) is 11.8 Å². The van der Waals surface area contributed by atoms with Crippen molar-refractivity contribution >= 4 is 78.8 Å². The SMILES string of the molecule is CC(=O)NCC1CC(=O)C2=C(C1)O[C@@H]1C(=C2)C=C[C@]2(C)[C@@H](c3cccc4cnccc34)C(=O)C[C@@H]12.CC(=O)NCC1CC(=O)C2=C(C1)O[C@@H]1C(=C2)CC[C@]2(C)[C@@H](c3cccc4cnccc34)C(=O)C[C@@H]12.CN(C)CC1CC(=O)C2=C(C1)O[C@@H]1C(=C2)C=C[C@]2(C)[C@@H](c3ccc4ccncc4c3)C(=O)C[C@@H]12. The van der Waals surface area contributed by atoms with E-state index in [9.17, 15) is 38.4 Å². The number of fused-ring (bicyclic) bond motifs is 12. The Morgan fingerprint density at radius 2 is 0.971 bits per heavy atom. The number of hydrogen-bond donors (Lipinski definition) is 2. The fourth-order valence-corrected chi connectivity index (χ4v) is 20.2. The summed E-state index contributed by atoms with van der Waals surface area (Å²) in [6.07, 6.45) is 31.4. The third kappa shape index (κ3) is 12.0. The summed E-state index contributed by atoms with van der Waals surface area (Å²) in [5.74, 6) is 2.90. The number of hydrogen-bond acceptors (Lipinski definition) is 15. The smallest absolute Gasteiger partial charge is 0.216 e. The van der Waals surface area contributed by atoms with Crippen LogP contribution in [0.2, 0.25) is 0 Å².